The van der Waals surface area contributed by atoms with Crippen molar-refractivity contribution in [3.05, 3.63) is 59.3 Å². The topological polar surface area (TPSA) is 12.9 Å². The molecule has 0 saturated carbocycles. The fourth-order valence-electron chi connectivity index (χ4n) is 3.31. The minimum absolute atomic E-state index is 0.736. The average molecular weight is 324 g/mol. The zero-order valence-electron chi connectivity index (χ0n) is 14.9. The largest absolute Gasteiger partial charge is 0.256 e. The Bertz CT molecular complexity index is 868. The highest BCUT2D eigenvalue weighted by atomic mass is 32.3. The van der Waals surface area contributed by atoms with Crippen LogP contribution >= 0.6 is 10.0 Å². The molecule has 0 amide bonds. The Morgan fingerprint density at radius 1 is 0.826 bits per heavy atom. The molecule has 3 aromatic rings. The van der Waals surface area contributed by atoms with E-state index < -0.39 is 10.0 Å². The highest BCUT2D eigenvalue weighted by Gasteiger charge is 2.14. The molecular weight excluding hydrogens is 298 g/mol. The summed E-state index contributed by atoms with van der Waals surface area (Å²) >= 11 is 0. The van der Waals surface area contributed by atoms with Gasteiger partial charge in [-0.1, -0.05) is 17.2 Å². The summed E-state index contributed by atoms with van der Waals surface area (Å²) in [5, 5.41) is 2.54. The summed E-state index contributed by atoms with van der Waals surface area (Å²) in [5.41, 5.74) is 6.24. The molecule has 2 aromatic carbocycles. The maximum absolute atomic E-state index is 4.70. The van der Waals surface area contributed by atoms with Gasteiger partial charge in [-0.3, -0.25) is 4.98 Å². The SMILES string of the molecule is Cc1cc(C)cc(-c2nccc3cc(S(C)(C)C)c(C)cc23)c1. The number of fused-ring (bicyclic) bond motifs is 1. The van der Waals surface area contributed by atoms with Crippen LogP contribution in [0, 0.1) is 20.8 Å². The zero-order chi connectivity index (χ0) is 16.8. The lowest BCUT2D eigenvalue weighted by molar-refractivity contribution is 1.29. The zero-order valence-corrected chi connectivity index (χ0v) is 15.7. The van der Waals surface area contributed by atoms with Crippen molar-refractivity contribution >= 4 is 20.8 Å². The molecule has 3 rings (SSSR count). The highest BCUT2D eigenvalue weighted by Crippen LogP contribution is 2.48. The molecule has 0 aliphatic heterocycles. The summed E-state index contributed by atoms with van der Waals surface area (Å²) in [7, 11) is -0.736. The van der Waals surface area contributed by atoms with Crippen LogP contribution in [-0.4, -0.2) is 23.8 Å². The van der Waals surface area contributed by atoms with Gasteiger partial charge in [0.25, 0.3) is 0 Å². The Morgan fingerprint density at radius 2 is 1.48 bits per heavy atom. The predicted octanol–water partition coefficient (Wildman–Crippen LogP) is 5.88. The Hall–Kier alpha value is -1.80. The first kappa shape index (κ1) is 16.1. The number of aromatic nitrogens is 1. The molecule has 2 heteroatoms. The quantitative estimate of drug-likeness (QED) is 0.574. The van der Waals surface area contributed by atoms with Crippen LogP contribution in [0.1, 0.15) is 16.7 Å². The van der Waals surface area contributed by atoms with Gasteiger partial charge in [-0.05, 0) is 85.7 Å². The van der Waals surface area contributed by atoms with Crippen molar-refractivity contribution in [3.8, 4) is 11.3 Å². The standard InChI is InChI=1S/C21H25NS/c1-14-9-15(2)11-18(10-14)21-19-12-16(3)20(23(4,5)6)13-17(19)7-8-22-21/h7-13H,1-6H3. The van der Waals surface area contributed by atoms with E-state index >= 15 is 0 Å². The molecule has 1 nitrogen and oxygen atoms in total. The van der Waals surface area contributed by atoms with E-state index in [-0.39, 0.29) is 0 Å². The van der Waals surface area contributed by atoms with Crippen molar-refractivity contribution in [2.24, 2.45) is 0 Å². The fraction of sp³-hybridized carbons (Fsp3) is 0.286. The maximum Gasteiger partial charge on any atom is 0.0780 e. The number of nitrogens with zero attached hydrogens (tertiary/aromatic N) is 1. The Labute approximate surface area is 141 Å². The molecule has 1 aromatic heterocycles. The van der Waals surface area contributed by atoms with Gasteiger partial charge in [-0.15, -0.1) is 0 Å². The summed E-state index contributed by atoms with van der Waals surface area (Å²) in [4.78, 5) is 6.19. The molecule has 0 aliphatic rings. The van der Waals surface area contributed by atoms with Gasteiger partial charge < -0.3 is 0 Å². The summed E-state index contributed by atoms with van der Waals surface area (Å²) in [6, 6.07) is 13.5. The molecule has 23 heavy (non-hydrogen) atoms. The number of rotatable bonds is 2. The van der Waals surface area contributed by atoms with Gasteiger partial charge in [0.2, 0.25) is 0 Å². The summed E-state index contributed by atoms with van der Waals surface area (Å²) < 4.78 is 0. The van der Waals surface area contributed by atoms with E-state index in [1.54, 1.807) is 0 Å². The second-order valence-corrected chi connectivity index (χ2v) is 11.3. The van der Waals surface area contributed by atoms with E-state index in [9.17, 15) is 0 Å². The van der Waals surface area contributed by atoms with E-state index in [0.29, 0.717) is 0 Å². The van der Waals surface area contributed by atoms with Gasteiger partial charge in [0.05, 0.1) is 5.69 Å². The third-order valence-electron chi connectivity index (χ3n) is 4.21. The van der Waals surface area contributed by atoms with Crippen LogP contribution < -0.4 is 0 Å². The van der Waals surface area contributed by atoms with Crippen LogP contribution in [0.3, 0.4) is 0 Å². The van der Waals surface area contributed by atoms with Crippen LogP contribution in [0.5, 0.6) is 0 Å². The van der Waals surface area contributed by atoms with Gasteiger partial charge >= 0.3 is 0 Å². The Balaban J connectivity index is 2.29. The first-order valence-electron chi connectivity index (χ1n) is 7.92. The van der Waals surface area contributed by atoms with Gasteiger partial charge in [0.1, 0.15) is 0 Å². The smallest absolute Gasteiger partial charge is 0.0780 e. The molecule has 1 heterocycles. The van der Waals surface area contributed by atoms with E-state index in [4.69, 9.17) is 4.98 Å². The molecule has 0 bridgehead atoms. The van der Waals surface area contributed by atoms with E-state index in [1.165, 1.54) is 37.9 Å². The maximum atomic E-state index is 4.70. The molecular formula is C21H25NS. The Kier molecular flexibility index (Phi) is 3.97. The summed E-state index contributed by atoms with van der Waals surface area (Å²) in [6.07, 6.45) is 9.00. The number of hydrogen-bond acceptors (Lipinski definition) is 1. The molecule has 0 fully saturated rings. The number of pyridine rings is 1. The highest BCUT2D eigenvalue weighted by molar-refractivity contribution is 8.32. The minimum atomic E-state index is -0.736. The van der Waals surface area contributed by atoms with Crippen molar-refractivity contribution in [1.29, 1.82) is 0 Å². The molecule has 0 atom stereocenters. The lowest BCUT2D eigenvalue weighted by Gasteiger charge is -2.28. The first-order chi connectivity index (χ1) is 10.8. The van der Waals surface area contributed by atoms with Crippen LogP contribution in [-0.2, 0) is 0 Å². The lowest BCUT2D eigenvalue weighted by Crippen LogP contribution is -1.97. The summed E-state index contributed by atoms with van der Waals surface area (Å²) in [5.74, 6) is 0. The van der Waals surface area contributed by atoms with E-state index in [2.05, 4.69) is 75.9 Å². The van der Waals surface area contributed by atoms with Crippen LogP contribution in [0.15, 0.2) is 47.5 Å². The molecule has 0 radical (unpaired) electrons. The number of aryl methyl sites for hydroxylation is 3. The van der Waals surface area contributed by atoms with Crippen molar-refractivity contribution < 1.29 is 0 Å². The Morgan fingerprint density at radius 3 is 2.09 bits per heavy atom. The molecule has 0 unspecified atom stereocenters. The molecule has 0 spiro atoms. The normalized spacial score (nSPS) is 12.6. The second-order valence-electron chi connectivity index (χ2n) is 7.21. The monoisotopic (exact) mass is 323 g/mol. The van der Waals surface area contributed by atoms with Crippen LogP contribution in [0.4, 0.5) is 0 Å². The summed E-state index contributed by atoms with van der Waals surface area (Å²) in [6.45, 7) is 6.52. The molecule has 0 saturated heterocycles. The van der Waals surface area contributed by atoms with Crippen molar-refractivity contribution in [3.63, 3.8) is 0 Å². The molecule has 0 N–H and O–H groups in total. The second kappa shape index (κ2) is 5.68. The predicted molar refractivity (Wildman–Crippen MR) is 105 cm³/mol. The van der Waals surface area contributed by atoms with E-state index in [1.807, 2.05) is 6.20 Å². The fourth-order valence-corrected chi connectivity index (χ4v) is 4.81. The number of hydrogen-bond donors (Lipinski definition) is 0. The van der Waals surface area contributed by atoms with Gasteiger partial charge in [0.15, 0.2) is 0 Å². The van der Waals surface area contributed by atoms with Crippen LogP contribution in [0.25, 0.3) is 22.0 Å². The van der Waals surface area contributed by atoms with Gasteiger partial charge in [-0.25, -0.2) is 10.0 Å². The third kappa shape index (κ3) is 3.13. The number of benzene rings is 2. The first-order valence-corrected chi connectivity index (χ1v) is 10.8. The molecule has 120 valence electrons. The van der Waals surface area contributed by atoms with E-state index in [0.717, 1.165) is 5.69 Å². The van der Waals surface area contributed by atoms with Crippen molar-refractivity contribution in [2.75, 3.05) is 18.8 Å². The van der Waals surface area contributed by atoms with Crippen LogP contribution in [0.2, 0.25) is 0 Å². The minimum Gasteiger partial charge on any atom is -0.256 e. The molecule has 0 aliphatic carbocycles. The van der Waals surface area contributed by atoms with Gasteiger partial charge in [0, 0.05) is 17.1 Å². The average Bonchev–Trinajstić information content (AvgIpc) is 2.43. The third-order valence-corrected chi connectivity index (χ3v) is 5.97. The van der Waals surface area contributed by atoms with Crippen molar-refractivity contribution in [1.82, 2.24) is 4.98 Å². The lowest BCUT2D eigenvalue weighted by atomic mass is 9.99. The van der Waals surface area contributed by atoms with Gasteiger partial charge in [-0.2, -0.15) is 0 Å². The van der Waals surface area contributed by atoms with Crippen molar-refractivity contribution in [2.45, 2.75) is 25.7 Å².